The highest BCUT2D eigenvalue weighted by Crippen LogP contribution is 2.23. The van der Waals surface area contributed by atoms with Crippen LogP contribution in [0.25, 0.3) is 0 Å². The Kier molecular flexibility index (Phi) is 2.50. The van der Waals surface area contributed by atoms with Crippen molar-refractivity contribution < 1.29 is 4.79 Å². The second-order valence-electron chi connectivity index (χ2n) is 3.64. The Hall–Kier alpha value is -1.35. The van der Waals surface area contributed by atoms with Crippen molar-refractivity contribution in [3.8, 4) is 0 Å². The summed E-state index contributed by atoms with van der Waals surface area (Å²) in [5.74, 6) is -0.357. The minimum atomic E-state index is -0.357. The van der Waals surface area contributed by atoms with E-state index in [0.29, 0.717) is 11.6 Å². The van der Waals surface area contributed by atoms with Gasteiger partial charge in [0.1, 0.15) is 0 Å². The molecule has 0 aromatic heterocycles. The van der Waals surface area contributed by atoms with Gasteiger partial charge in [-0.1, -0.05) is 12.1 Å². The van der Waals surface area contributed by atoms with Crippen LogP contribution in [0.1, 0.15) is 34.8 Å². The summed E-state index contributed by atoms with van der Waals surface area (Å²) in [6.45, 7) is 1.06. The predicted octanol–water partition coefficient (Wildman–Crippen LogP) is 1.21. The lowest BCUT2D eigenvalue weighted by atomic mass is 10.0. The Morgan fingerprint density at radius 3 is 3.00 bits per heavy atom. The Labute approximate surface area is 83.3 Å². The summed E-state index contributed by atoms with van der Waals surface area (Å²) in [7, 11) is 0. The molecule has 0 saturated carbocycles. The first-order valence-corrected chi connectivity index (χ1v) is 4.90. The molecule has 1 atom stereocenters. The maximum absolute atomic E-state index is 11.0. The predicted molar refractivity (Wildman–Crippen MR) is 54.9 cm³/mol. The molecule has 1 aromatic carbocycles. The third kappa shape index (κ3) is 1.77. The molecule has 3 N–H and O–H groups in total. The first kappa shape index (κ1) is 9.21. The fourth-order valence-electron chi connectivity index (χ4n) is 1.88. The molecule has 1 fully saturated rings. The van der Waals surface area contributed by atoms with Gasteiger partial charge in [0.25, 0.3) is 0 Å². The van der Waals surface area contributed by atoms with Gasteiger partial charge < -0.3 is 11.1 Å². The van der Waals surface area contributed by atoms with Gasteiger partial charge in [0.05, 0.1) is 0 Å². The lowest BCUT2D eigenvalue weighted by Crippen LogP contribution is -2.15. The molecule has 1 saturated heterocycles. The molecule has 2 rings (SSSR count). The van der Waals surface area contributed by atoms with Crippen molar-refractivity contribution >= 4 is 5.91 Å². The number of nitrogens with two attached hydrogens (primary N) is 1. The molecule has 14 heavy (non-hydrogen) atoms. The van der Waals surface area contributed by atoms with Crippen molar-refractivity contribution in [1.82, 2.24) is 5.32 Å². The molecule has 3 heteroatoms. The quantitative estimate of drug-likeness (QED) is 0.736. The number of carbonyl (C=O) groups excluding carboxylic acids is 1. The lowest BCUT2D eigenvalue weighted by molar-refractivity contribution is 0.1000. The van der Waals surface area contributed by atoms with Gasteiger partial charge in [-0.2, -0.15) is 0 Å². The van der Waals surface area contributed by atoms with E-state index in [1.807, 2.05) is 18.2 Å². The van der Waals surface area contributed by atoms with E-state index in [1.54, 1.807) is 6.07 Å². The van der Waals surface area contributed by atoms with Crippen molar-refractivity contribution in [3.63, 3.8) is 0 Å². The molecule has 1 aliphatic heterocycles. The Morgan fingerprint density at radius 1 is 1.50 bits per heavy atom. The van der Waals surface area contributed by atoms with Crippen molar-refractivity contribution in [1.29, 1.82) is 0 Å². The first-order valence-electron chi connectivity index (χ1n) is 4.90. The highest BCUT2D eigenvalue weighted by molar-refractivity contribution is 5.92. The summed E-state index contributed by atoms with van der Waals surface area (Å²) >= 11 is 0. The second kappa shape index (κ2) is 3.80. The van der Waals surface area contributed by atoms with Crippen molar-refractivity contribution in [2.24, 2.45) is 5.73 Å². The molecule has 1 aromatic rings. The molecule has 1 amide bonds. The van der Waals surface area contributed by atoms with E-state index < -0.39 is 0 Å². The molecule has 1 aliphatic rings. The summed E-state index contributed by atoms with van der Waals surface area (Å²) in [6.07, 6.45) is 2.34. The normalized spacial score (nSPS) is 21.0. The first-order chi connectivity index (χ1) is 6.77. The standard InChI is InChI=1S/C11H14N2O/c12-11(14)9-4-1-3-8(7-9)10-5-2-6-13-10/h1,3-4,7,10,13H,2,5-6H2,(H2,12,14). The Balaban J connectivity index is 2.25. The molecule has 0 radical (unpaired) electrons. The van der Waals surface area contributed by atoms with Crippen LogP contribution in [-0.2, 0) is 0 Å². The number of hydrogen-bond acceptors (Lipinski definition) is 2. The number of hydrogen-bond donors (Lipinski definition) is 2. The Bertz CT molecular complexity index is 343. The van der Waals surface area contributed by atoms with E-state index in [1.165, 1.54) is 12.0 Å². The van der Waals surface area contributed by atoms with Crippen LogP contribution in [0.2, 0.25) is 0 Å². The molecular weight excluding hydrogens is 176 g/mol. The molecule has 0 spiro atoms. The van der Waals surface area contributed by atoms with Gasteiger partial charge in [-0.3, -0.25) is 4.79 Å². The van der Waals surface area contributed by atoms with Gasteiger partial charge >= 0.3 is 0 Å². The number of primary amides is 1. The average Bonchev–Trinajstić information content (AvgIpc) is 2.71. The van der Waals surface area contributed by atoms with Gasteiger partial charge in [0.15, 0.2) is 0 Å². The van der Waals surface area contributed by atoms with Gasteiger partial charge in [0.2, 0.25) is 5.91 Å². The van der Waals surface area contributed by atoms with Gasteiger partial charge in [-0.25, -0.2) is 0 Å². The van der Waals surface area contributed by atoms with Crippen molar-refractivity contribution in [2.75, 3.05) is 6.54 Å². The average molecular weight is 190 g/mol. The van der Waals surface area contributed by atoms with Crippen LogP contribution in [0.15, 0.2) is 24.3 Å². The van der Waals surface area contributed by atoms with E-state index in [-0.39, 0.29) is 5.91 Å². The van der Waals surface area contributed by atoms with Crippen molar-refractivity contribution in [3.05, 3.63) is 35.4 Å². The maximum atomic E-state index is 11.0. The fraction of sp³-hybridized carbons (Fsp3) is 0.364. The third-order valence-corrected chi connectivity index (χ3v) is 2.63. The lowest BCUT2D eigenvalue weighted by Gasteiger charge is -2.10. The summed E-state index contributed by atoms with van der Waals surface area (Å²) in [5.41, 5.74) is 6.98. The summed E-state index contributed by atoms with van der Waals surface area (Å²) in [6, 6.07) is 7.95. The summed E-state index contributed by atoms with van der Waals surface area (Å²) < 4.78 is 0. The van der Waals surface area contributed by atoms with Crippen molar-refractivity contribution in [2.45, 2.75) is 18.9 Å². The zero-order valence-electron chi connectivity index (χ0n) is 7.99. The maximum Gasteiger partial charge on any atom is 0.248 e. The van der Waals surface area contributed by atoms with Crippen LogP contribution < -0.4 is 11.1 Å². The van der Waals surface area contributed by atoms with Crippen LogP contribution in [-0.4, -0.2) is 12.5 Å². The van der Waals surface area contributed by atoms with E-state index in [2.05, 4.69) is 5.32 Å². The van der Waals surface area contributed by atoms with Crippen LogP contribution in [0.3, 0.4) is 0 Å². The minimum Gasteiger partial charge on any atom is -0.366 e. The second-order valence-corrected chi connectivity index (χ2v) is 3.64. The number of rotatable bonds is 2. The van der Waals surface area contributed by atoms with Crippen LogP contribution >= 0.6 is 0 Å². The largest absolute Gasteiger partial charge is 0.366 e. The topological polar surface area (TPSA) is 55.1 Å². The van der Waals surface area contributed by atoms with Crippen LogP contribution in [0.5, 0.6) is 0 Å². The fourth-order valence-corrected chi connectivity index (χ4v) is 1.88. The Morgan fingerprint density at radius 2 is 2.36 bits per heavy atom. The molecule has 74 valence electrons. The van der Waals surface area contributed by atoms with E-state index in [9.17, 15) is 4.79 Å². The third-order valence-electron chi connectivity index (χ3n) is 2.63. The van der Waals surface area contributed by atoms with Gasteiger partial charge in [-0.05, 0) is 37.1 Å². The molecule has 1 heterocycles. The number of carbonyl (C=O) groups is 1. The van der Waals surface area contributed by atoms with Crippen LogP contribution in [0, 0.1) is 0 Å². The van der Waals surface area contributed by atoms with E-state index >= 15 is 0 Å². The molecular formula is C11H14N2O. The van der Waals surface area contributed by atoms with E-state index in [4.69, 9.17) is 5.73 Å². The smallest absolute Gasteiger partial charge is 0.248 e. The van der Waals surface area contributed by atoms with Crippen LogP contribution in [0.4, 0.5) is 0 Å². The molecule has 0 aliphatic carbocycles. The van der Waals surface area contributed by atoms with Gasteiger partial charge in [-0.15, -0.1) is 0 Å². The number of nitrogens with one attached hydrogen (secondary N) is 1. The number of benzene rings is 1. The SMILES string of the molecule is NC(=O)c1cccc(C2CCCN2)c1. The molecule has 3 nitrogen and oxygen atoms in total. The van der Waals surface area contributed by atoms with Gasteiger partial charge in [0, 0.05) is 11.6 Å². The minimum absolute atomic E-state index is 0.357. The zero-order valence-corrected chi connectivity index (χ0v) is 7.99. The summed E-state index contributed by atoms with van der Waals surface area (Å²) in [4.78, 5) is 11.0. The molecule has 0 bridgehead atoms. The number of amides is 1. The highest BCUT2D eigenvalue weighted by Gasteiger charge is 2.16. The van der Waals surface area contributed by atoms with E-state index in [0.717, 1.165) is 13.0 Å². The zero-order chi connectivity index (χ0) is 9.97. The monoisotopic (exact) mass is 190 g/mol. The highest BCUT2D eigenvalue weighted by atomic mass is 16.1. The molecule has 1 unspecified atom stereocenters. The summed E-state index contributed by atoms with van der Waals surface area (Å²) in [5, 5.41) is 3.39.